The van der Waals surface area contributed by atoms with Gasteiger partial charge in [-0.15, -0.1) is 0 Å². The van der Waals surface area contributed by atoms with E-state index >= 15 is 0 Å². The number of carbonyl (C=O) groups is 2. The molecule has 5 atom stereocenters. The molecule has 2 aromatic heterocycles. The van der Waals surface area contributed by atoms with Crippen molar-refractivity contribution in [1.29, 1.82) is 0 Å². The van der Waals surface area contributed by atoms with Crippen LogP contribution in [0.1, 0.15) is 67.8 Å². The minimum Gasteiger partial charge on any atom is -0.469 e. The van der Waals surface area contributed by atoms with E-state index in [1.165, 1.54) is 11.2 Å². The lowest BCUT2D eigenvalue weighted by molar-refractivity contribution is -0.147. The first-order valence-corrected chi connectivity index (χ1v) is 15.5. The number of anilines is 1. The van der Waals surface area contributed by atoms with Gasteiger partial charge in [0.2, 0.25) is 17.7 Å². The molecular formula is C34H37N5O7. The number of oxazole rings is 2. The third kappa shape index (κ3) is 4.42. The van der Waals surface area contributed by atoms with Gasteiger partial charge in [0.15, 0.2) is 17.7 Å². The molecule has 1 unspecified atom stereocenters. The number of para-hydroxylation sites is 1. The van der Waals surface area contributed by atoms with Gasteiger partial charge in [-0.2, -0.15) is 0 Å². The van der Waals surface area contributed by atoms with Crippen molar-refractivity contribution in [1.82, 2.24) is 20.2 Å². The molecule has 0 radical (unpaired) electrons. The summed E-state index contributed by atoms with van der Waals surface area (Å²) in [5.74, 6) is -0.0198. The smallest absolute Gasteiger partial charge is 0.252 e. The van der Waals surface area contributed by atoms with E-state index in [0.717, 1.165) is 22.4 Å². The Balaban J connectivity index is 1.49. The summed E-state index contributed by atoms with van der Waals surface area (Å²) in [5.41, 5.74) is 2.97. The molecule has 5 heterocycles. The third-order valence-electron chi connectivity index (χ3n) is 9.33. The fraction of sp³-hybridized carbons (Fsp3) is 0.412. The molecule has 0 aliphatic carbocycles. The maximum absolute atomic E-state index is 14.1. The second-order valence-corrected chi connectivity index (χ2v) is 12.9. The largest absolute Gasteiger partial charge is 0.469 e. The van der Waals surface area contributed by atoms with Crippen LogP contribution in [0.4, 0.5) is 5.69 Å². The Bertz CT molecular complexity index is 1830. The Morgan fingerprint density at radius 2 is 1.89 bits per heavy atom. The zero-order valence-corrected chi connectivity index (χ0v) is 26.3. The second-order valence-electron chi connectivity index (χ2n) is 12.9. The van der Waals surface area contributed by atoms with E-state index in [1.807, 2.05) is 56.3 Å². The number of carbonyl (C=O) groups excluding carboxylic acids is 2. The van der Waals surface area contributed by atoms with E-state index in [0.29, 0.717) is 22.9 Å². The van der Waals surface area contributed by atoms with Crippen LogP contribution in [0.2, 0.25) is 0 Å². The van der Waals surface area contributed by atoms with Crippen molar-refractivity contribution in [3.8, 4) is 17.3 Å². The number of likely N-dealkylation sites (N-methyl/N-ethyl adjacent to an activating group) is 1. The number of fused-ring (bicyclic) bond motifs is 4. The highest BCUT2D eigenvalue weighted by molar-refractivity contribution is 5.90. The first-order valence-electron chi connectivity index (χ1n) is 15.5. The fourth-order valence-corrected chi connectivity index (χ4v) is 6.76. The van der Waals surface area contributed by atoms with E-state index in [-0.39, 0.29) is 36.6 Å². The van der Waals surface area contributed by atoms with Gasteiger partial charge < -0.3 is 39.3 Å². The van der Waals surface area contributed by atoms with Crippen molar-refractivity contribution in [2.24, 2.45) is 11.8 Å². The number of aromatic nitrogens is 2. The van der Waals surface area contributed by atoms with E-state index in [1.54, 1.807) is 20.9 Å². The number of aliphatic hydroxyl groups excluding tert-OH is 2. The molecule has 4 bridgehead atoms. The van der Waals surface area contributed by atoms with Gasteiger partial charge in [-0.3, -0.25) is 9.59 Å². The average Bonchev–Trinajstić information content (AvgIpc) is 3.81. The van der Waals surface area contributed by atoms with Crippen LogP contribution in [0.25, 0.3) is 11.6 Å². The van der Waals surface area contributed by atoms with Crippen LogP contribution >= 0.6 is 0 Å². The number of rotatable bonds is 6. The van der Waals surface area contributed by atoms with Crippen molar-refractivity contribution in [2.75, 3.05) is 12.4 Å². The topological polar surface area (TPSA) is 163 Å². The summed E-state index contributed by atoms with van der Waals surface area (Å²) < 4.78 is 19.2. The summed E-state index contributed by atoms with van der Waals surface area (Å²) in [6, 6.07) is 12.0. The van der Waals surface area contributed by atoms with E-state index in [9.17, 15) is 19.8 Å². The highest BCUT2D eigenvalue weighted by atomic mass is 16.5. The van der Waals surface area contributed by atoms with Crippen molar-refractivity contribution in [3.63, 3.8) is 0 Å². The van der Waals surface area contributed by atoms with Crippen molar-refractivity contribution in [3.05, 3.63) is 82.8 Å². The fourth-order valence-electron chi connectivity index (χ4n) is 6.76. The molecule has 2 aromatic carbocycles. The predicted molar refractivity (Wildman–Crippen MR) is 166 cm³/mol. The lowest BCUT2D eigenvalue weighted by atomic mass is 9.72. The van der Waals surface area contributed by atoms with Crippen LogP contribution in [-0.4, -0.2) is 62.3 Å². The minimum atomic E-state index is -1.26. The van der Waals surface area contributed by atoms with Crippen molar-refractivity contribution < 1.29 is 33.4 Å². The number of aliphatic hydroxyl groups is 2. The summed E-state index contributed by atoms with van der Waals surface area (Å²) >= 11 is 0. The molecule has 3 aliphatic rings. The molecule has 0 saturated carbocycles. The van der Waals surface area contributed by atoms with Gasteiger partial charge >= 0.3 is 0 Å². The Kier molecular flexibility index (Phi) is 7.17. The maximum atomic E-state index is 14.1. The lowest BCUT2D eigenvalue weighted by Gasteiger charge is -2.32. The Labute approximate surface area is 265 Å². The molecule has 240 valence electrons. The molecule has 4 N–H and O–H groups in total. The highest BCUT2D eigenvalue weighted by Crippen LogP contribution is 2.59. The van der Waals surface area contributed by atoms with E-state index in [2.05, 4.69) is 15.6 Å². The first kappa shape index (κ1) is 30.0. The minimum absolute atomic E-state index is 0.158. The second kappa shape index (κ2) is 11.0. The normalized spacial score (nSPS) is 23.5. The first-order chi connectivity index (χ1) is 22.0. The molecule has 7 rings (SSSR count). The molecular weight excluding hydrogens is 590 g/mol. The zero-order chi connectivity index (χ0) is 32.5. The molecule has 4 aromatic rings. The summed E-state index contributed by atoms with van der Waals surface area (Å²) in [6.07, 6.45) is -0.316. The van der Waals surface area contributed by atoms with E-state index < -0.39 is 41.6 Å². The Hall–Kier alpha value is -4.68. The van der Waals surface area contributed by atoms with Gasteiger partial charge in [0.1, 0.15) is 41.3 Å². The summed E-state index contributed by atoms with van der Waals surface area (Å²) in [6.45, 7) is 7.07. The van der Waals surface area contributed by atoms with Crippen LogP contribution < -0.4 is 15.4 Å². The van der Waals surface area contributed by atoms with Gasteiger partial charge in [-0.25, -0.2) is 9.97 Å². The molecule has 3 aliphatic heterocycles. The SMILES string of the molecule is CC(C)[C@H](O)C(=O)N(C)[C@H]1Cc2ccc3c(c2)C2(c4ccccc4N[C@@H]2O3)c2oc(nc2-c2nc(CO)co2)[C@H](C(C)C)NC1=O. The lowest BCUT2D eigenvalue weighted by Crippen LogP contribution is -2.53. The van der Waals surface area contributed by atoms with Crippen LogP contribution in [0, 0.1) is 11.8 Å². The van der Waals surface area contributed by atoms with Crippen LogP contribution in [0.5, 0.6) is 5.75 Å². The highest BCUT2D eigenvalue weighted by Gasteiger charge is 2.61. The van der Waals surface area contributed by atoms with Gasteiger partial charge in [-0.05, 0) is 35.1 Å². The zero-order valence-electron chi connectivity index (χ0n) is 26.3. The maximum Gasteiger partial charge on any atom is 0.252 e. The Morgan fingerprint density at radius 1 is 1.11 bits per heavy atom. The number of hydrogen-bond donors (Lipinski definition) is 4. The quantitative estimate of drug-likeness (QED) is 0.249. The summed E-state index contributed by atoms with van der Waals surface area (Å²) in [5, 5.41) is 27.1. The van der Waals surface area contributed by atoms with Gasteiger partial charge in [0.05, 0.1) is 6.61 Å². The average molecular weight is 628 g/mol. The molecule has 1 spiro atoms. The molecule has 0 saturated heterocycles. The number of amides is 2. The molecule has 46 heavy (non-hydrogen) atoms. The van der Waals surface area contributed by atoms with Crippen molar-refractivity contribution in [2.45, 2.75) is 70.6 Å². The van der Waals surface area contributed by atoms with Gasteiger partial charge in [-0.1, -0.05) is 58.0 Å². The molecule has 2 amide bonds. The number of nitrogens with zero attached hydrogens (tertiary/aromatic N) is 3. The summed E-state index contributed by atoms with van der Waals surface area (Å²) in [4.78, 5) is 38.3. The van der Waals surface area contributed by atoms with Crippen LogP contribution in [0.3, 0.4) is 0 Å². The number of benzene rings is 2. The van der Waals surface area contributed by atoms with Crippen molar-refractivity contribution >= 4 is 17.5 Å². The van der Waals surface area contributed by atoms with E-state index in [4.69, 9.17) is 18.6 Å². The molecule has 12 heteroatoms. The van der Waals surface area contributed by atoms with Gasteiger partial charge in [0, 0.05) is 24.7 Å². The number of hydrogen-bond acceptors (Lipinski definition) is 10. The Morgan fingerprint density at radius 3 is 2.61 bits per heavy atom. The third-order valence-corrected chi connectivity index (χ3v) is 9.33. The van der Waals surface area contributed by atoms with Crippen LogP contribution in [-0.2, 0) is 28.0 Å². The monoisotopic (exact) mass is 627 g/mol. The standard InChI is InChI=1S/C34H37N5O7/c1-16(2)25-31-38-26(30-35-19(14-40)15-44-30)28(46-31)34-20-8-6-7-9-22(20)36-33(34)45-24-11-10-18(12-21(24)34)13-23(29(42)37-25)39(5)32(43)27(41)17(3)4/h6-12,15-17,23,25,27,33,36,40-41H,13-14H2,1-5H3,(H,37,42)/t23-,25-,27-,33+,34?/m0/s1. The van der Waals surface area contributed by atoms with Crippen LogP contribution in [0.15, 0.2) is 57.6 Å². The summed E-state index contributed by atoms with van der Waals surface area (Å²) in [7, 11) is 1.54. The molecule has 0 fully saturated rings. The molecule has 12 nitrogen and oxygen atoms in total. The number of ether oxygens (including phenoxy) is 1. The predicted octanol–water partition coefficient (Wildman–Crippen LogP) is 3.51. The number of nitrogens with one attached hydrogen (secondary N) is 2. The van der Waals surface area contributed by atoms with Gasteiger partial charge in [0.25, 0.3) is 5.91 Å².